The predicted molar refractivity (Wildman–Crippen MR) is 88.7 cm³/mol. The summed E-state index contributed by atoms with van der Waals surface area (Å²) in [5, 5.41) is 3.62. The molecule has 1 heterocycles. The zero-order valence-electron chi connectivity index (χ0n) is 13.8. The van der Waals surface area contributed by atoms with Crippen LogP contribution in [0, 0.1) is 18.8 Å². The molecule has 2 unspecified atom stereocenters. The average molecular weight is 289 g/mol. The van der Waals surface area contributed by atoms with Crippen molar-refractivity contribution in [1.29, 1.82) is 0 Å². The zero-order valence-corrected chi connectivity index (χ0v) is 13.8. The molecular formula is C18H31N3. The zero-order chi connectivity index (χ0) is 14.7. The van der Waals surface area contributed by atoms with Crippen LogP contribution in [0.2, 0.25) is 0 Å². The normalized spacial score (nSPS) is 27.1. The number of imidazole rings is 1. The van der Waals surface area contributed by atoms with Gasteiger partial charge in [0.25, 0.3) is 0 Å². The molecular weight excluding hydrogens is 258 g/mol. The van der Waals surface area contributed by atoms with Crippen LogP contribution in [-0.2, 0) is 0 Å². The van der Waals surface area contributed by atoms with E-state index in [0.29, 0.717) is 6.04 Å². The molecule has 0 saturated heterocycles. The lowest BCUT2D eigenvalue weighted by Crippen LogP contribution is -2.18. The van der Waals surface area contributed by atoms with Crippen molar-refractivity contribution in [1.82, 2.24) is 9.55 Å². The minimum atomic E-state index is 0.684. The van der Waals surface area contributed by atoms with Crippen molar-refractivity contribution in [2.24, 2.45) is 11.8 Å². The number of nitrogens with one attached hydrogen (secondary N) is 1. The van der Waals surface area contributed by atoms with E-state index in [0.717, 1.165) is 30.0 Å². The molecule has 1 N–H and O–H groups in total. The summed E-state index contributed by atoms with van der Waals surface area (Å²) in [5.74, 6) is 2.98. The lowest BCUT2D eigenvalue weighted by molar-refractivity contribution is 0.274. The molecule has 0 spiro atoms. The highest BCUT2D eigenvalue weighted by Crippen LogP contribution is 2.33. The van der Waals surface area contributed by atoms with Gasteiger partial charge in [-0.1, -0.05) is 39.0 Å². The SMILES string of the molecule is Cc1cn(C2CCCC2)c(NCCC2CCCC(C)C2)n1. The molecule has 3 rings (SSSR count). The summed E-state index contributed by atoms with van der Waals surface area (Å²) >= 11 is 0. The van der Waals surface area contributed by atoms with E-state index in [2.05, 4.69) is 29.9 Å². The number of hydrogen-bond donors (Lipinski definition) is 1. The Morgan fingerprint density at radius 2 is 2.00 bits per heavy atom. The second kappa shape index (κ2) is 6.85. The van der Waals surface area contributed by atoms with Gasteiger partial charge in [-0.2, -0.15) is 0 Å². The van der Waals surface area contributed by atoms with Gasteiger partial charge in [0, 0.05) is 18.8 Å². The van der Waals surface area contributed by atoms with Crippen molar-refractivity contribution < 1.29 is 0 Å². The van der Waals surface area contributed by atoms with Gasteiger partial charge in [-0.3, -0.25) is 0 Å². The third-order valence-corrected chi connectivity index (χ3v) is 5.45. The van der Waals surface area contributed by atoms with Crippen molar-refractivity contribution in [3.8, 4) is 0 Å². The summed E-state index contributed by atoms with van der Waals surface area (Å²) < 4.78 is 2.41. The highest BCUT2D eigenvalue weighted by Gasteiger charge is 2.21. The molecule has 0 aliphatic heterocycles. The molecule has 3 nitrogen and oxygen atoms in total. The summed E-state index contributed by atoms with van der Waals surface area (Å²) in [6.45, 7) is 5.61. The molecule has 2 aliphatic rings. The van der Waals surface area contributed by atoms with E-state index in [1.807, 2.05) is 0 Å². The fraction of sp³-hybridized carbons (Fsp3) is 0.833. The first-order chi connectivity index (χ1) is 10.2. The third-order valence-electron chi connectivity index (χ3n) is 5.45. The molecule has 21 heavy (non-hydrogen) atoms. The Labute approximate surface area is 129 Å². The molecule has 2 aliphatic carbocycles. The Hall–Kier alpha value is -0.990. The summed E-state index contributed by atoms with van der Waals surface area (Å²) in [5.41, 5.74) is 1.15. The molecule has 1 aromatic heterocycles. The van der Waals surface area contributed by atoms with E-state index in [9.17, 15) is 0 Å². The van der Waals surface area contributed by atoms with Gasteiger partial charge >= 0.3 is 0 Å². The van der Waals surface area contributed by atoms with E-state index in [-0.39, 0.29) is 0 Å². The number of rotatable bonds is 5. The fourth-order valence-electron chi connectivity index (χ4n) is 4.32. The van der Waals surface area contributed by atoms with Crippen LogP contribution in [-0.4, -0.2) is 16.1 Å². The topological polar surface area (TPSA) is 29.9 Å². The largest absolute Gasteiger partial charge is 0.356 e. The number of nitrogens with zero attached hydrogens (tertiary/aromatic N) is 2. The molecule has 2 saturated carbocycles. The van der Waals surface area contributed by atoms with Crippen LogP contribution in [0.25, 0.3) is 0 Å². The Morgan fingerprint density at radius 3 is 2.76 bits per heavy atom. The molecule has 0 radical (unpaired) electrons. The first-order valence-corrected chi connectivity index (χ1v) is 9.01. The third kappa shape index (κ3) is 3.81. The van der Waals surface area contributed by atoms with Gasteiger partial charge in [0.2, 0.25) is 5.95 Å². The van der Waals surface area contributed by atoms with E-state index in [4.69, 9.17) is 4.98 Å². The minimum Gasteiger partial charge on any atom is -0.356 e. The maximum Gasteiger partial charge on any atom is 0.203 e. The second-order valence-corrected chi connectivity index (χ2v) is 7.40. The fourth-order valence-corrected chi connectivity index (χ4v) is 4.32. The van der Waals surface area contributed by atoms with Crippen LogP contribution in [0.5, 0.6) is 0 Å². The predicted octanol–water partition coefficient (Wildman–Crippen LogP) is 4.93. The molecule has 0 bridgehead atoms. The number of aromatic nitrogens is 2. The van der Waals surface area contributed by atoms with Gasteiger partial charge in [0.1, 0.15) is 0 Å². The van der Waals surface area contributed by atoms with Gasteiger partial charge in [-0.15, -0.1) is 0 Å². The van der Waals surface area contributed by atoms with Gasteiger partial charge in [-0.25, -0.2) is 4.98 Å². The maximum absolute atomic E-state index is 4.70. The smallest absolute Gasteiger partial charge is 0.203 e. The van der Waals surface area contributed by atoms with E-state index in [1.165, 1.54) is 57.8 Å². The Bertz CT molecular complexity index is 445. The molecule has 1 aromatic rings. The monoisotopic (exact) mass is 289 g/mol. The van der Waals surface area contributed by atoms with Crippen LogP contribution in [0.15, 0.2) is 6.20 Å². The first kappa shape index (κ1) is 14.9. The van der Waals surface area contributed by atoms with E-state index in [1.54, 1.807) is 0 Å². The number of aryl methyl sites for hydroxylation is 1. The van der Waals surface area contributed by atoms with Crippen molar-refractivity contribution in [2.75, 3.05) is 11.9 Å². The number of hydrogen-bond acceptors (Lipinski definition) is 2. The first-order valence-electron chi connectivity index (χ1n) is 9.01. The lowest BCUT2D eigenvalue weighted by atomic mass is 9.81. The lowest BCUT2D eigenvalue weighted by Gasteiger charge is -2.26. The Kier molecular flexibility index (Phi) is 4.87. The van der Waals surface area contributed by atoms with Gasteiger partial charge in [-0.05, 0) is 44.4 Å². The molecule has 2 fully saturated rings. The Morgan fingerprint density at radius 1 is 1.19 bits per heavy atom. The van der Waals surface area contributed by atoms with Gasteiger partial charge in [0.05, 0.1) is 5.69 Å². The van der Waals surface area contributed by atoms with Crippen molar-refractivity contribution in [2.45, 2.75) is 77.7 Å². The number of anilines is 1. The second-order valence-electron chi connectivity index (χ2n) is 7.40. The van der Waals surface area contributed by atoms with Gasteiger partial charge < -0.3 is 9.88 Å². The summed E-state index contributed by atoms with van der Waals surface area (Å²) in [7, 11) is 0. The maximum atomic E-state index is 4.70. The quantitative estimate of drug-likeness (QED) is 0.832. The molecule has 0 aromatic carbocycles. The highest BCUT2D eigenvalue weighted by atomic mass is 15.2. The van der Waals surface area contributed by atoms with Crippen LogP contribution >= 0.6 is 0 Å². The Balaban J connectivity index is 1.52. The summed E-state index contributed by atoms with van der Waals surface area (Å²) in [4.78, 5) is 4.70. The standard InChI is InChI=1S/C18H31N3/c1-14-6-5-7-16(12-14)10-11-19-18-20-15(2)13-21(18)17-8-3-4-9-17/h13-14,16-17H,3-12H2,1-2H3,(H,19,20). The molecule has 3 heteroatoms. The minimum absolute atomic E-state index is 0.684. The highest BCUT2D eigenvalue weighted by molar-refractivity contribution is 5.29. The van der Waals surface area contributed by atoms with Gasteiger partial charge in [0.15, 0.2) is 0 Å². The van der Waals surface area contributed by atoms with Crippen molar-refractivity contribution >= 4 is 5.95 Å². The van der Waals surface area contributed by atoms with Crippen molar-refractivity contribution in [3.05, 3.63) is 11.9 Å². The van der Waals surface area contributed by atoms with Crippen LogP contribution < -0.4 is 5.32 Å². The van der Waals surface area contributed by atoms with Crippen LogP contribution in [0.4, 0.5) is 5.95 Å². The average Bonchev–Trinajstić information content (AvgIpc) is 3.08. The van der Waals surface area contributed by atoms with Crippen molar-refractivity contribution in [3.63, 3.8) is 0 Å². The molecule has 2 atom stereocenters. The molecule has 0 amide bonds. The summed E-state index contributed by atoms with van der Waals surface area (Å²) in [6, 6.07) is 0.684. The van der Waals surface area contributed by atoms with E-state index < -0.39 is 0 Å². The van der Waals surface area contributed by atoms with Crippen LogP contribution in [0.3, 0.4) is 0 Å². The summed E-state index contributed by atoms with van der Waals surface area (Å²) in [6.07, 6.45) is 14.7. The molecule has 118 valence electrons. The van der Waals surface area contributed by atoms with Crippen LogP contribution in [0.1, 0.15) is 76.4 Å². The van der Waals surface area contributed by atoms with E-state index >= 15 is 0 Å².